The Morgan fingerprint density at radius 1 is 1.38 bits per heavy atom. The smallest absolute Gasteiger partial charge is 0.223 e. The van der Waals surface area contributed by atoms with Crippen LogP contribution in [0.5, 0.6) is 0 Å². The van der Waals surface area contributed by atoms with Crippen LogP contribution in [0.1, 0.15) is 42.7 Å². The summed E-state index contributed by atoms with van der Waals surface area (Å²) >= 11 is 0. The first kappa shape index (κ1) is 16.7. The lowest BCUT2D eigenvalue weighted by Crippen LogP contribution is -2.33. The van der Waals surface area contributed by atoms with E-state index in [-0.39, 0.29) is 17.9 Å². The lowest BCUT2D eigenvalue weighted by atomic mass is 9.87. The molecule has 1 heterocycles. The number of fused-ring (bicyclic) bond motifs is 1. The van der Waals surface area contributed by atoms with Crippen LogP contribution >= 0.6 is 0 Å². The molecule has 24 heavy (non-hydrogen) atoms. The van der Waals surface area contributed by atoms with Gasteiger partial charge in [-0.15, -0.1) is 0 Å². The van der Waals surface area contributed by atoms with Gasteiger partial charge in [0.25, 0.3) is 0 Å². The van der Waals surface area contributed by atoms with E-state index in [0.29, 0.717) is 13.2 Å². The molecule has 5 heteroatoms. The molecule has 1 aromatic carbocycles. The van der Waals surface area contributed by atoms with Crippen LogP contribution in [0.15, 0.2) is 30.5 Å². The molecule has 0 radical (unpaired) electrons. The summed E-state index contributed by atoms with van der Waals surface area (Å²) in [7, 11) is 0. The first-order valence-electron chi connectivity index (χ1n) is 8.60. The van der Waals surface area contributed by atoms with Crippen molar-refractivity contribution >= 4 is 5.91 Å². The highest BCUT2D eigenvalue weighted by Gasteiger charge is 2.25. The predicted molar refractivity (Wildman–Crippen MR) is 92.3 cm³/mol. The van der Waals surface area contributed by atoms with Crippen molar-refractivity contribution in [3.05, 3.63) is 52.8 Å². The van der Waals surface area contributed by atoms with E-state index in [1.54, 1.807) is 0 Å². The van der Waals surface area contributed by atoms with Gasteiger partial charge < -0.3 is 10.1 Å². The second-order valence-electron chi connectivity index (χ2n) is 6.66. The third-order valence-electron chi connectivity index (χ3n) is 4.53. The number of hydrogen-bond donors (Lipinski definition) is 2. The van der Waals surface area contributed by atoms with Crippen LogP contribution in [0.25, 0.3) is 0 Å². The monoisotopic (exact) mass is 327 g/mol. The summed E-state index contributed by atoms with van der Waals surface area (Å²) in [5.41, 5.74) is 4.60. The fourth-order valence-electron chi connectivity index (χ4n) is 3.09. The van der Waals surface area contributed by atoms with Crippen LogP contribution in [0.3, 0.4) is 0 Å². The van der Waals surface area contributed by atoms with Crippen molar-refractivity contribution in [2.75, 3.05) is 0 Å². The number of nitrogens with zero attached hydrogens (tertiary/aromatic N) is 1. The van der Waals surface area contributed by atoms with Gasteiger partial charge in [0.1, 0.15) is 0 Å². The minimum absolute atomic E-state index is 0.0250. The van der Waals surface area contributed by atoms with Crippen molar-refractivity contribution in [2.24, 2.45) is 5.92 Å². The number of ether oxygens (including phenoxy) is 1. The zero-order valence-electron chi connectivity index (χ0n) is 14.3. The van der Waals surface area contributed by atoms with E-state index in [2.05, 4.69) is 21.6 Å². The lowest BCUT2D eigenvalue weighted by Gasteiger charge is -2.21. The van der Waals surface area contributed by atoms with Gasteiger partial charge in [0.05, 0.1) is 18.9 Å². The Balaban J connectivity index is 1.57. The van der Waals surface area contributed by atoms with Crippen LogP contribution in [-0.4, -0.2) is 22.2 Å². The van der Waals surface area contributed by atoms with Crippen molar-refractivity contribution in [3.63, 3.8) is 0 Å². The zero-order valence-corrected chi connectivity index (χ0v) is 14.3. The maximum atomic E-state index is 12.5. The third-order valence-corrected chi connectivity index (χ3v) is 4.53. The number of hydrogen-bond acceptors (Lipinski definition) is 3. The second kappa shape index (κ2) is 7.62. The van der Waals surface area contributed by atoms with Gasteiger partial charge in [0.15, 0.2) is 0 Å². The quantitative estimate of drug-likeness (QED) is 0.857. The van der Waals surface area contributed by atoms with Crippen molar-refractivity contribution in [1.82, 2.24) is 15.5 Å². The summed E-state index contributed by atoms with van der Waals surface area (Å²) in [6.45, 7) is 5.17. The van der Waals surface area contributed by atoms with Crippen molar-refractivity contribution in [1.29, 1.82) is 0 Å². The maximum absolute atomic E-state index is 12.5. The van der Waals surface area contributed by atoms with Gasteiger partial charge in [-0.05, 0) is 43.4 Å². The molecular weight excluding hydrogens is 302 g/mol. The van der Waals surface area contributed by atoms with Crippen molar-refractivity contribution < 1.29 is 9.53 Å². The summed E-state index contributed by atoms with van der Waals surface area (Å²) < 4.78 is 5.70. The molecule has 1 aliphatic carbocycles. The average Bonchev–Trinajstić information content (AvgIpc) is 3.06. The number of benzene rings is 1. The van der Waals surface area contributed by atoms with Gasteiger partial charge in [-0.1, -0.05) is 24.3 Å². The van der Waals surface area contributed by atoms with Gasteiger partial charge in [-0.25, -0.2) is 0 Å². The normalized spacial score (nSPS) is 16.9. The molecule has 5 nitrogen and oxygen atoms in total. The maximum Gasteiger partial charge on any atom is 0.223 e. The van der Waals surface area contributed by atoms with E-state index in [1.807, 2.05) is 38.2 Å². The number of amides is 1. The van der Waals surface area contributed by atoms with E-state index in [1.165, 1.54) is 5.56 Å². The topological polar surface area (TPSA) is 67.0 Å². The number of rotatable bonds is 6. The van der Waals surface area contributed by atoms with Crippen LogP contribution in [0.4, 0.5) is 0 Å². The molecule has 1 aromatic heterocycles. The fourth-order valence-corrected chi connectivity index (χ4v) is 3.09. The van der Waals surface area contributed by atoms with Crippen molar-refractivity contribution in [2.45, 2.75) is 52.4 Å². The van der Waals surface area contributed by atoms with Gasteiger partial charge in [0.2, 0.25) is 5.91 Å². The Labute approximate surface area is 142 Å². The number of carbonyl (C=O) groups is 1. The molecular formula is C19H25N3O2. The molecule has 0 fully saturated rings. The van der Waals surface area contributed by atoms with Crippen LogP contribution in [0.2, 0.25) is 0 Å². The summed E-state index contributed by atoms with van der Waals surface area (Å²) in [4.78, 5) is 12.5. The Bertz CT molecular complexity index is 693. The molecule has 0 saturated heterocycles. The lowest BCUT2D eigenvalue weighted by molar-refractivity contribution is -0.125. The Hall–Kier alpha value is -2.14. The minimum atomic E-state index is 0.0250. The molecule has 1 amide bonds. The molecule has 1 aliphatic rings. The number of aromatic amines is 1. The van der Waals surface area contributed by atoms with Crippen molar-refractivity contribution in [3.8, 4) is 0 Å². The number of H-pyrrole nitrogens is 1. The number of carbonyl (C=O) groups excluding carboxylic acids is 1. The fraction of sp³-hybridized carbons (Fsp3) is 0.474. The standard InChI is InChI=1S/C19H25N3O2/c1-13(2)24-12-17-6-4-3-5-15(17)10-20-19(23)14-7-8-16-11-21-22-18(16)9-14/h3-6,11,13-14H,7-10,12H2,1-2H3,(H,20,23)(H,21,22)/t14-/m1/s1. The van der Waals surface area contributed by atoms with E-state index in [9.17, 15) is 4.79 Å². The second-order valence-corrected chi connectivity index (χ2v) is 6.66. The summed E-state index contributed by atoms with van der Waals surface area (Å²) in [5.74, 6) is 0.145. The van der Waals surface area contributed by atoms with Crippen LogP contribution in [0, 0.1) is 5.92 Å². The van der Waals surface area contributed by atoms with E-state index >= 15 is 0 Å². The SMILES string of the molecule is CC(C)OCc1ccccc1CNC(=O)[C@@H]1CCc2cn[nH]c2C1. The molecule has 0 spiro atoms. The molecule has 2 aromatic rings. The highest BCUT2D eigenvalue weighted by Crippen LogP contribution is 2.24. The molecule has 2 N–H and O–H groups in total. The average molecular weight is 327 g/mol. The van der Waals surface area contributed by atoms with E-state index in [0.717, 1.165) is 36.1 Å². The first-order chi connectivity index (χ1) is 11.6. The number of aromatic nitrogens is 2. The molecule has 0 aliphatic heterocycles. The van der Waals surface area contributed by atoms with E-state index in [4.69, 9.17) is 4.74 Å². The summed E-state index contributed by atoms with van der Waals surface area (Å²) in [5, 5.41) is 10.2. The summed E-state index contributed by atoms with van der Waals surface area (Å²) in [6.07, 6.45) is 4.62. The molecule has 3 rings (SSSR count). The van der Waals surface area contributed by atoms with Crippen LogP contribution < -0.4 is 5.32 Å². The minimum Gasteiger partial charge on any atom is -0.374 e. The molecule has 0 bridgehead atoms. The number of nitrogens with one attached hydrogen (secondary N) is 2. The highest BCUT2D eigenvalue weighted by atomic mass is 16.5. The molecule has 1 atom stereocenters. The van der Waals surface area contributed by atoms with Gasteiger partial charge in [0, 0.05) is 24.6 Å². The first-order valence-corrected chi connectivity index (χ1v) is 8.60. The number of aryl methyl sites for hydroxylation is 1. The zero-order chi connectivity index (χ0) is 16.9. The van der Waals surface area contributed by atoms with E-state index < -0.39 is 0 Å². The molecule has 128 valence electrons. The van der Waals surface area contributed by atoms with Gasteiger partial charge >= 0.3 is 0 Å². The van der Waals surface area contributed by atoms with Crippen LogP contribution in [-0.2, 0) is 35.5 Å². The molecule has 0 unspecified atom stereocenters. The highest BCUT2D eigenvalue weighted by molar-refractivity contribution is 5.79. The van der Waals surface area contributed by atoms with Gasteiger partial charge in [-0.3, -0.25) is 9.89 Å². The Morgan fingerprint density at radius 3 is 2.96 bits per heavy atom. The largest absolute Gasteiger partial charge is 0.374 e. The summed E-state index contributed by atoms with van der Waals surface area (Å²) in [6, 6.07) is 8.11. The molecule has 0 saturated carbocycles. The Kier molecular flexibility index (Phi) is 5.30. The third kappa shape index (κ3) is 4.03. The van der Waals surface area contributed by atoms with Gasteiger partial charge in [-0.2, -0.15) is 5.10 Å². The predicted octanol–water partition coefficient (Wildman–Crippen LogP) is 2.76. The Morgan fingerprint density at radius 2 is 2.17 bits per heavy atom.